The van der Waals surface area contributed by atoms with Gasteiger partial charge in [-0.3, -0.25) is 9.69 Å². The van der Waals surface area contributed by atoms with Gasteiger partial charge in [0.25, 0.3) is 0 Å². The Morgan fingerprint density at radius 3 is 2.04 bits per heavy atom. The standard InChI is InChI=1S/C17H27NO.C2HF3O2/c1-4-5-6-10-13-17(19)16(18(2)3)14-15-11-8-7-9-12-15;3-2(4,5)1(6)7/h7-9,11-12,16H,4-6,10,13-14H2,1-3H3;(H,6,7). The molecule has 0 radical (unpaired) electrons. The van der Waals surface area contributed by atoms with E-state index < -0.39 is 12.1 Å². The molecular formula is C19H28F3NO3. The van der Waals surface area contributed by atoms with E-state index >= 15 is 0 Å². The van der Waals surface area contributed by atoms with E-state index in [9.17, 15) is 18.0 Å². The van der Waals surface area contributed by atoms with E-state index in [0.717, 1.165) is 19.3 Å². The molecule has 0 aliphatic rings. The highest BCUT2D eigenvalue weighted by Crippen LogP contribution is 2.13. The summed E-state index contributed by atoms with van der Waals surface area (Å²) in [7, 11) is 4.00. The number of carboxylic acids is 1. The van der Waals surface area contributed by atoms with Gasteiger partial charge in [-0.25, -0.2) is 4.79 Å². The number of carbonyl (C=O) groups is 2. The van der Waals surface area contributed by atoms with Gasteiger partial charge in [0, 0.05) is 6.42 Å². The molecule has 0 aliphatic carbocycles. The molecule has 0 aromatic heterocycles. The summed E-state index contributed by atoms with van der Waals surface area (Å²) in [6.45, 7) is 2.19. The van der Waals surface area contributed by atoms with Crippen LogP contribution in [0.1, 0.15) is 44.6 Å². The van der Waals surface area contributed by atoms with Gasteiger partial charge in [-0.05, 0) is 32.5 Å². The minimum Gasteiger partial charge on any atom is -0.475 e. The van der Waals surface area contributed by atoms with Crippen LogP contribution in [0.25, 0.3) is 0 Å². The van der Waals surface area contributed by atoms with Gasteiger partial charge in [-0.15, -0.1) is 0 Å². The molecule has 4 nitrogen and oxygen atoms in total. The molecule has 0 fully saturated rings. The van der Waals surface area contributed by atoms with Gasteiger partial charge >= 0.3 is 12.1 Å². The number of likely N-dealkylation sites (N-methyl/N-ethyl adjacent to an activating group) is 1. The molecule has 1 N–H and O–H groups in total. The highest BCUT2D eigenvalue weighted by molar-refractivity contribution is 5.84. The molecule has 0 aliphatic heterocycles. The number of carbonyl (C=O) groups excluding carboxylic acids is 1. The quantitative estimate of drug-likeness (QED) is 0.653. The van der Waals surface area contributed by atoms with Gasteiger partial charge in [0.2, 0.25) is 0 Å². The number of Topliss-reactive ketones (excluding diaryl/α,β-unsaturated/α-hetero) is 1. The number of carboxylic acid groups (broad SMARTS) is 1. The van der Waals surface area contributed by atoms with E-state index in [-0.39, 0.29) is 6.04 Å². The van der Waals surface area contributed by atoms with E-state index in [1.54, 1.807) is 0 Å². The fraction of sp³-hybridized carbons (Fsp3) is 0.579. The molecule has 0 heterocycles. The van der Waals surface area contributed by atoms with E-state index in [1.807, 2.05) is 32.3 Å². The zero-order valence-electron chi connectivity index (χ0n) is 15.6. The lowest BCUT2D eigenvalue weighted by molar-refractivity contribution is -0.192. The number of alkyl halides is 3. The predicted molar refractivity (Wildman–Crippen MR) is 95.1 cm³/mol. The molecule has 0 spiro atoms. The normalized spacial score (nSPS) is 12.3. The Balaban J connectivity index is 0.000000758. The summed E-state index contributed by atoms with van der Waals surface area (Å²) >= 11 is 0. The van der Waals surface area contributed by atoms with Crippen LogP contribution in [0.2, 0.25) is 0 Å². The third-order valence-corrected chi connectivity index (χ3v) is 3.79. The average molecular weight is 375 g/mol. The number of hydrogen-bond donors (Lipinski definition) is 1. The first-order valence-electron chi connectivity index (χ1n) is 8.62. The van der Waals surface area contributed by atoms with Gasteiger partial charge < -0.3 is 5.11 Å². The Bertz CT molecular complexity index is 531. The van der Waals surface area contributed by atoms with Crippen LogP contribution in [-0.2, 0) is 16.0 Å². The lowest BCUT2D eigenvalue weighted by Crippen LogP contribution is -2.37. The van der Waals surface area contributed by atoms with Crippen molar-refractivity contribution < 1.29 is 27.9 Å². The van der Waals surface area contributed by atoms with Crippen molar-refractivity contribution >= 4 is 11.8 Å². The van der Waals surface area contributed by atoms with Crippen molar-refractivity contribution in [2.45, 2.75) is 57.7 Å². The number of benzene rings is 1. The maximum absolute atomic E-state index is 12.3. The molecule has 1 rings (SSSR count). The fourth-order valence-corrected chi connectivity index (χ4v) is 2.31. The van der Waals surface area contributed by atoms with E-state index in [4.69, 9.17) is 9.90 Å². The minimum atomic E-state index is -5.08. The van der Waals surface area contributed by atoms with Crippen LogP contribution in [0.15, 0.2) is 30.3 Å². The SMILES string of the molecule is CCCCCCC(=O)C(Cc1ccccc1)N(C)C.O=C(O)C(F)(F)F. The minimum absolute atomic E-state index is 0.0176. The molecule has 1 atom stereocenters. The topological polar surface area (TPSA) is 57.6 Å². The Kier molecular flexibility index (Phi) is 11.6. The van der Waals surface area contributed by atoms with Crippen molar-refractivity contribution in [3.63, 3.8) is 0 Å². The third-order valence-electron chi connectivity index (χ3n) is 3.79. The Labute approximate surface area is 153 Å². The Morgan fingerprint density at radius 1 is 1.08 bits per heavy atom. The second-order valence-electron chi connectivity index (χ2n) is 6.25. The molecular weight excluding hydrogens is 347 g/mol. The second kappa shape index (κ2) is 12.5. The summed E-state index contributed by atoms with van der Waals surface area (Å²) < 4.78 is 31.7. The summed E-state index contributed by atoms with van der Waals surface area (Å²) in [6.07, 6.45) is 1.11. The average Bonchev–Trinajstić information content (AvgIpc) is 2.56. The Hall–Kier alpha value is -1.89. The molecule has 0 amide bonds. The number of halogens is 3. The van der Waals surface area contributed by atoms with Gasteiger partial charge in [-0.2, -0.15) is 13.2 Å². The summed E-state index contributed by atoms with van der Waals surface area (Å²) in [6, 6.07) is 10.3. The lowest BCUT2D eigenvalue weighted by atomic mass is 9.98. The monoisotopic (exact) mass is 375 g/mol. The van der Waals surface area contributed by atoms with Gasteiger partial charge in [0.1, 0.15) is 5.78 Å². The number of aliphatic carboxylic acids is 1. The summed E-state index contributed by atoms with van der Waals surface area (Å²) in [5.74, 6) is -2.38. The third kappa shape index (κ3) is 10.9. The molecule has 1 aromatic rings. The van der Waals surface area contributed by atoms with Gasteiger partial charge in [0.05, 0.1) is 6.04 Å². The molecule has 26 heavy (non-hydrogen) atoms. The predicted octanol–water partition coefficient (Wildman–Crippen LogP) is 4.33. The van der Waals surface area contributed by atoms with Crippen LogP contribution in [0.5, 0.6) is 0 Å². The highest BCUT2D eigenvalue weighted by Gasteiger charge is 2.38. The molecule has 148 valence electrons. The number of rotatable bonds is 9. The van der Waals surface area contributed by atoms with Gasteiger partial charge in [0.15, 0.2) is 0 Å². The van der Waals surface area contributed by atoms with Gasteiger partial charge in [-0.1, -0.05) is 56.5 Å². The summed E-state index contributed by atoms with van der Waals surface area (Å²) in [5, 5.41) is 7.12. The van der Waals surface area contributed by atoms with E-state index in [1.165, 1.54) is 24.8 Å². The van der Waals surface area contributed by atoms with E-state index in [0.29, 0.717) is 5.78 Å². The Morgan fingerprint density at radius 2 is 1.62 bits per heavy atom. The van der Waals surface area contributed by atoms with Crippen molar-refractivity contribution in [2.75, 3.05) is 14.1 Å². The lowest BCUT2D eigenvalue weighted by Gasteiger charge is -2.23. The molecule has 0 saturated carbocycles. The summed E-state index contributed by atoms with van der Waals surface area (Å²) in [5.41, 5.74) is 1.24. The first-order valence-corrected chi connectivity index (χ1v) is 8.62. The van der Waals surface area contributed by atoms with Crippen LogP contribution >= 0.6 is 0 Å². The largest absolute Gasteiger partial charge is 0.490 e. The van der Waals surface area contributed by atoms with Crippen LogP contribution in [0.3, 0.4) is 0 Å². The van der Waals surface area contributed by atoms with Crippen LogP contribution in [0, 0.1) is 0 Å². The zero-order valence-corrected chi connectivity index (χ0v) is 15.6. The molecule has 0 saturated heterocycles. The van der Waals surface area contributed by atoms with Crippen molar-refractivity contribution in [3.05, 3.63) is 35.9 Å². The first kappa shape index (κ1) is 24.1. The van der Waals surface area contributed by atoms with Crippen LogP contribution < -0.4 is 0 Å². The smallest absolute Gasteiger partial charge is 0.475 e. The van der Waals surface area contributed by atoms with Crippen LogP contribution in [-0.4, -0.2) is 48.1 Å². The van der Waals surface area contributed by atoms with Crippen molar-refractivity contribution in [3.8, 4) is 0 Å². The molecule has 1 aromatic carbocycles. The number of unbranched alkanes of at least 4 members (excludes halogenated alkanes) is 3. The number of hydrogen-bond acceptors (Lipinski definition) is 3. The second-order valence-corrected chi connectivity index (χ2v) is 6.25. The maximum Gasteiger partial charge on any atom is 0.490 e. The molecule has 0 bridgehead atoms. The fourth-order valence-electron chi connectivity index (χ4n) is 2.31. The van der Waals surface area contributed by atoms with E-state index in [2.05, 4.69) is 24.0 Å². The number of nitrogens with zero attached hydrogens (tertiary/aromatic N) is 1. The van der Waals surface area contributed by atoms with Crippen molar-refractivity contribution in [1.29, 1.82) is 0 Å². The zero-order chi connectivity index (χ0) is 20.2. The highest BCUT2D eigenvalue weighted by atomic mass is 19.4. The molecule has 1 unspecified atom stereocenters. The maximum atomic E-state index is 12.3. The first-order chi connectivity index (χ1) is 12.1. The summed E-state index contributed by atoms with van der Waals surface area (Å²) in [4.78, 5) is 23.3. The molecule has 7 heteroatoms. The number of ketones is 1. The van der Waals surface area contributed by atoms with Crippen LogP contribution in [0.4, 0.5) is 13.2 Å². The van der Waals surface area contributed by atoms with Crippen molar-refractivity contribution in [2.24, 2.45) is 0 Å². The van der Waals surface area contributed by atoms with Crippen molar-refractivity contribution in [1.82, 2.24) is 4.90 Å².